The molecule has 0 spiro atoms. The maximum atomic E-state index is 9.95. The minimum atomic E-state index is -2.26. The van der Waals surface area contributed by atoms with E-state index in [0.29, 0.717) is 6.16 Å². The third-order valence-electron chi connectivity index (χ3n) is 0.470. The Bertz CT molecular complexity index is 73.3. The summed E-state index contributed by atoms with van der Waals surface area (Å²) in [7, 11) is -2.26. The first-order chi connectivity index (χ1) is 3.13. The molecule has 0 rings (SSSR count). The van der Waals surface area contributed by atoms with Crippen molar-refractivity contribution < 1.29 is 9.46 Å². The molecule has 0 saturated carbocycles. The van der Waals surface area contributed by atoms with Crippen molar-refractivity contribution in [2.24, 2.45) is 0 Å². The van der Waals surface area contributed by atoms with Crippen molar-refractivity contribution in [3.05, 3.63) is 0 Å². The summed E-state index contributed by atoms with van der Waals surface area (Å²) in [6.45, 7) is 1.79. The molecule has 0 aromatic carbocycles. The molecule has 0 aliphatic rings. The molecule has 2 atom stereocenters. The standard InChI is InChI=1S/C3H9O2PS/c1-3(7)2-6(4)5/h3,6-7H,2H2,1H3,(H,4,5). The summed E-state index contributed by atoms with van der Waals surface area (Å²) in [5.41, 5.74) is 0. The van der Waals surface area contributed by atoms with Gasteiger partial charge in [-0.15, -0.1) is 0 Å². The van der Waals surface area contributed by atoms with Crippen molar-refractivity contribution in [2.75, 3.05) is 6.16 Å². The molecule has 44 valence electrons. The number of rotatable bonds is 2. The zero-order chi connectivity index (χ0) is 5.86. The first-order valence-corrected chi connectivity index (χ1v) is 4.10. The highest BCUT2D eigenvalue weighted by atomic mass is 32.1. The quantitative estimate of drug-likeness (QED) is 0.439. The molecule has 1 N–H and O–H groups in total. The summed E-state index contributed by atoms with van der Waals surface area (Å²) in [6.07, 6.45) is 0.327. The minimum Gasteiger partial charge on any atom is -0.346 e. The minimum absolute atomic E-state index is 0.0522. The predicted octanol–water partition coefficient (Wildman–Crippen LogP) is 0.772. The van der Waals surface area contributed by atoms with E-state index >= 15 is 0 Å². The van der Waals surface area contributed by atoms with Crippen molar-refractivity contribution in [1.29, 1.82) is 0 Å². The fraction of sp³-hybridized carbons (Fsp3) is 1.00. The van der Waals surface area contributed by atoms with E-state index in [0.717, 1.165) is 0 Å². The van der Waals surface area contributed by atoms with E-state index in [2.05, 4.69) is 12.6 Å². The van der Waals surface area contributed by atoms with Crippen LogP contribution < -0.4 is 0 Å². The van der Waals surface area contributed by atoms with Crippen molar-refractivity contribution in [3.8, 4) is 0 Å². The monoisotopic (exact) mass is 140 g/mol. The van der Waals surface area contributed by atoms with Gasteiger partial charge in [0.25, 0.3) is 0 Å². The third kappa shape index (κ3) is 6.54. The van der Waals surface area contributed by atoms with Crippen LogP contribution in [-0.2, 0) is 4.57 Å². The second-order valence-electron chi connectivity index (χ2n) is 1.45. The molecule has 0 heterocycles. The molecule has 4 heteroatoms. The van der Waals surface area contributed by atoms with Gasteiger partial charge in [0, 0.05) is 11.4 Å². The summed E-state index contributed by atoms with van der Waals surface area (Å²) in [5, 5.41) is 0.0522. The Kier molecular flexibility index (Phi) is 3.80. The van der Waals surface area contributed by atoms with Crippen LogP contribution in [0.25, 0.3) is 0 Å². The molecule has 0 radical (unpaired) electrons. The highest BCUT2D eigenvalue weighted by molar-refractivity contribution is 7.81. The summed E-state index contributed by atoms with van der Waals surface area (Å²) >= 11 is 3.90. The van der Waals surface area contributed by atoms with Crippen LogP contribution in [0.15, 0.2) is 0 Å². The lowest BCUT2D eigenvalue weighted by atomic mass is 10.6. The van der Waals surface area contributed by atoms with E-state index in [1.54, 1.807) is 6.92 Å². The Morgan fingerprint density at radius 1 is 2.00 bits per heavy atom. The van der Waals surface area contributed by atoms with Gasteiger partial charge in [0.05, 0.1) is 0 Å². The van der Waals surface area contributed by atoms with E-state index in [9.17, 15) is 4.57 Å². The summed E-state index contributed by atoms with van der Waals surface area (Å²) < 4.78 is 9.95. The normalized spacial score (nSPS) is 18.7. The highest BCUT2D eigenvalue weighted by Crippen LogP contribution is 2.15. The molecule has 2 nitrogen and oxygen atoms in total. The topological polar surface area (TPSA) is 37.3 Å². The van der Waals surface area contributed by atoms with Crippen molar-refractivity contribution in [2.45, 2.75) is 12.2 Å². The van der Waals surface area contributed by atoms with Crippen LogP contribution in [0.4, 0.5) is 0 Å². The maximum Gasteiger partial charge on any atom is 0.190 e. The van der Waals surface area contributed by atoms with Crippen LogP contribution in [0.3, 0.4) is 0 Å². The largest absolute Gasteiger partial charge is 0.346 e. The number of hydrogen-bond acceptors (Lipinski definition) is 2. The van der Waals surface area contributed by atoms with Gasteiger partial charge in [-0.2, -0.15) is 12.6 Å². The molecular formula is C3H9O2PS. The second kappa shape index (κ2) is 3.53. The average Bonchev–Trinajstić information content (AvgIpc) is 1.27. The second-order valence-corrected chi connectivity index (χ2v) is 3.52. The zero-order valence-corrected chi connectivity index (χ0v) is 5.98. The van der Waals surface area contributed by atoms with Crippen molar-refractivity contribution in [3.63, 3.8) is 0 Å². The molecule has 0 aromatic rings. The lowest BCUT2D eigenvalue weighted by Crippen LogP contribution is -1.92. The Balaban J connectivity index is 3.13. The molecule has 0 fully saturated rings. The summed E-state index contributed by atoms with van der Waals surface area (Å²) in [5.74, 6) is 0. The van der Waals surface area contributed by atoms with Crippen LogP contribution in [0, 0.1) is 0 Å². The Labute approximate surface area is 49.2 Å². The highest BCUT2D eigenvalue weighted by Gasteiger charge is 1.96. The lowest BCUT2D eigenvalue weighted by Gasteiger charge is -1.95. The van der Waals surface area contributed by atoms with Gasteiger partial charge >= 0.3 is 0 Å². The Morgan fingerprint density at radius 3 is 2.43 bits per heavy atom. The Morgan fingerprint density at radius 2 is 2.43 bits per heavy atom. The van der Waals surface area contributed by atoms with E-state index in [-0.39, 0.29) is 5.25 Å². The van der Waals surface area contributed by atoms with Gasteiger partial charge in [-0.25, -0.2) is 0 Å². The van der Waals surface area contributed by atoms with E-state index in [1.807, 2.05) is 0 Å². The van der Waals surface area contributed by atoms with Gasteiger partial charge in [-0.05, 0) is 0 Å². The molecule has 0 aromatic heterocycles. The van der Waals surface area contributed by atoms with Gasteiger partial charge in [0.1, 0.15) is 0 Å². The van der Waals surface area contributed by atoms with Crippen LogP contribution in [0.5, 0.6) is 0 Å². The maximum absolute atomic E-state index is 9.95. The third-order valence-corrected chi connectivity index (χ3v) is 1.96. The molecule has 0 bridgehead atoms. The fourth-order valence-electron chi connectivity index (χ4n) is 0.253. The van der Waals surface area contributed by atoms with E-state index in [1.165, 1.54) is 0 Å². The fourth-order valence-corrected chi connectivity index (χ4v) is 1.23. The summed E-state index contributed by atoms with van der Waals surface area (Å²) in [6, 6.07) is 0. The number of thiol groups is 1. The predicted molar refractivity (Wildman–Crippen MR) is 34.5 cm³/mol. The van der Waals surface area contributed by atoms with Crippen molar-refractivity contribution in [1.82, 2.24) is 0 Å². The van der Waals surface area contributed by atoms with Gasteiger partial charge < -0.3 is 4.89 Å². The molecule has 0 saturated heterocycles. The van der Waals surface area contributed by atoms with Gasteiger partial charge in [-0.1, -0.05) is 6.92 Å². The lowest BCUT2D eigenvalue weighted by molar-refractivity contribution is 0.503. The Hall–Kier alpha value is 0.540. The smallest absolute Gasteiger partial charge is 0.190 e. The first-order valence-electron chi connectivity index (χ1n) is 2.03. The van der Waals surface area contributed by atoms with Crippen LogP contribution in [-0.4, -0.2) is 16.3 Å². The zero-order valence-electron chi connectivity index (χ0n) is 4.09. The van der Waals surface area contributed by atoms with Crippen LogP contribution in [0.2, 0.25) is 0 Å². The van der Waals surface area contributed by atoms with E-state index < -0.39 is 8.03 Å². The molecule has 0 amide bonds. The molecule has 0 aliphatic carbocycles. The first kappa shape index (κ1) is 7.54. The summed E-state index contributed by atoms with van der Waals surface area (Å²) in [4.78, 5) is 8.22. The SMILES string of the molecule is CC(S)C[PH](=O)O. The molecule has 0 aliphatic heterocycles. The average molecular weight is 140 g/mol. The van der Waals surface area contributed by atoms with Gasteiger partial charge in [-0.3, -0.25) is 4.57 Å². The van der Waals surface area contributed by atoms with Gasteiger partial charge in [0.15, 0.2) is 8.03 Å². The van der Waals surface area contributed by atoms with E-state index in [4.69, 9.17) is 4.89 Å². The van der Waals surface area contributed by atoms with Crippen LogP contribution >= 0.6 is 20.7 Å². The van der Waals surface area contributed by atoms with Gasteiger partial charge in [0.2, 0.25) is 0 Å². The van der Waals surface area contributed by atoms with Crippen molar-refractivity contribution >= 4 is 20.7 Å². The van der Waals surface area contributed by atoms with Crippen LogP contribution in [0.1, 0.15) is 6.92 Å². The molecule has 7 heavy (non-hydrogen) atoms. The number of hydrogen-bond donors (Lipinski definition) is 2. The molecular weight excluding hydrogens is 131 g/mol. The molecule has 2 unspecified atom stereocenters.